The maximum atomic E-state index is 11.6. The Morgan fingerprint density at radius 3 is 2.86 bits per heavy atom. The Bertz CT molecular complexity index is 899. The molecule has 29 heavy (non-hydrogen) atoms. The van der Waals surface area contributed by atoms with Crippen LogP contribution in [-0.2, 0) is 16.6 Å². The van der Waals surface area contributed by atoms with Gasteiger partial charge in [-0.15, -0.1) is 0 Å². The lowest BCUT2D eigenvalue weighted by molar-refractivity contribution is -0.274. The Labute approximate surface area is 173 Å². The van der Waals surface area contributed by atoms with Crippen LogP contribution in [0.15, 0.2) is 12.1 Å². The van der Waals surface area contributed by atoms with E-state index in [0.717, 1.165) is 45.1 Å². The zero-order chi connectivity index (χ0) is 20.4. The number of methoxy groups -OCH3 is 1. The van der Waals surface area contributed by atoms with Crippen molar-refractivity contribution in [2.24, 2.45) is 11.3 Å². The molecule has 0 radical (unpaired) electrons. The van der Waals surface area contributed by atoms with Crippen LogP contribution in [0, 0.1) is 11.3 Å². The van der Waals surface area contributed by atoms with E-state index in [1.165, 1.54) is 11.1 Å². The van der Waals surface area contributed by atoms with Crippen molar-refractivity contribution < 1.29 is 19.7 Å². The van der Waals surface area contributed by atoms with Crippen LogP contribution in [0.3, 0.4) is 0 Å². The molecule has 0 amide bonds. The summed E-state index contributed by atoms with van der Waals surface area (Å²) in [6, 6.07) is 4.35. The van der Waals surface area contributed by atoms with Crippen molar-refractivity contribution in [3.05, 3.63) is 23.3 Å². The van der Waals surface area contributed by atoms with Gasteiger partial charge in [0.15, 0.2) is 11.5 Å². The van der Waals surface area contributed by atoms with Crippen molar-refractivity contribution in [1.82, 2.24) is 4.90 Å². The average Bonchev–Trinajstić information content (AvgIpc) is 3.12. The summed E-state index contributed by atoms with van der Waals surface area (Å²) < 4.78 is 13.1. The second kappa shape index (κ2) is 5.30. The Hall–Kier alpha value is -1.30. The molecule has 2 spiro atoms. The third kappa shape index (κ3) is 1.74. The highest BCUT2D eigenvalue weighted by Gasteiger charge is 2.83. The molecule has 1 unspecified atom stereocenters. The highest BCUT2D eigenvalue weighted by molar-refractivity contribution is 5.64. The van der Waals surface area contributed by atoms with Crippen LogP contribution in [0.5, 0.6) is 11.5 Å². The van der Waals surface area contributed by atoms with Crippen molar-refractivity contribution in [3.63, 3.8) is 0 Å². The van der Waals surface area contributed by atoms with Crippen molar-refractivity contribution in [2.75, 3.05) is 20.7 Å². The average molecular weight is 400 g/mol. The number of phenolic OH excluding ortho intramolecular Hbond substituents is 1. The number of nitrogens with zero attached hydrogens (tertiary/aromatic N) is 1. The van der Waals surface area contributed by atoms with Crippen molar-refractivity contribution >= 4 is 0 Å². The number of fused-ring (bicyclic) bond motifs is 2. The molecule has 2 heterocycles. The maximum absolute atomic E-state index is 11.6. The first-order valence-electron chi connectivity index (χ1n) is 11.3. The molecule has 158 valence electrons. The van der Waals surface area contributed by atoms with E-state index in [9.17, 15) is 10.2 Å². The number of aliphatic hydroxyl groups is 1. The van der Waals surface area contributed by atoms with E-state index in [4.69, 9.17) is 9.47 Å². The molecule has 5 heteroatoms. The van der Waals surface area contributed by atoms with Crippen LogP contribution < -0.4 is 4.74 Å². The molecule has 7 atom stereocenters. The second-order valence-electron chi connectivity index (χ2n) is 10.7. The largest absolute Gasteiger partial charge is 0.504 e. The summed E-state index contributed by atoms with van der Waals surface area (Å²) in [5, 5.41) is 22.4. The number of ether oxygens (including phenoxy) is 2. The van der Waals surface area contributed by atoms with E-state index < -0.39 is 11.2 Å². The third-order valence-electron chi connectivity index (χ3n) is 9.77. The van der Waals surface area contributed by atoms with E-state index in [-0.39, 0.29) is 28.6 Å². The summed E-state index contributed by atoms with van der Waals surface area (Å²) in [5.74, 6) is 0.960. The van der Waals surface area contributed by atoms with E-state index in [1.54, 1.807) is 13.2 Å². The smallest absolute Gasteiger partial charge is 0.165 e. The van der Waals surface area contributed by atoms with Crippen LogP contribution in [0.2, 0.25) is 0 Å². The predicted octanol–water partition coefficient (Wildman–Crippen LogP) is 3.00. The fourth-order valence-corrected chi connectivity index (χ4v) is 8.90. The number of rotatable bonds is 4. The van der Waals surface area contributed by atoms with Gasteiger partial charge < -0.3 is 24.6 Å². The molecule has 4 fully saturated rings. The summed E-state index contributed by atoms with van der Waals surface area (Å²) in [7, 11) is 4.05. The highest BCUT2D eigenvalue weighted by atomic mass is 16.6. The first-order chi connectivity index (χ1) is 13.8. The van der Waals surface area contributed by atoms with Gasteiger partial charge in [0.25, 0.3) is 0 Å². The van der Waals surface area contributed by atoms with Crippen LogP contribution >= 0.6 is 0 Å². The monoisotopic (exact) mass is 399 g/mol. The van der Waals surface area contributed by atoms with Gasteiger partial charge in [-0.05, 0) is 57.7 Å². The molecular formula is C24H33NO4. The lowest BCUT2D eigenvalue weighted by atomic mass is 9.37. The van der Waals surface area contributed by atoms with Crippen LogP contribution in [0.25, 0.3) is 0 Å². The maximum Gasteiger partial charge on any atom is 0.165 e. The molecule has 4 aliphatic carbocycles. The normalized spacial score (nSPS) is 45.8. The van der Waals surface area contributed by atoms with Gasteiger partial charge in [0.05, 0.1) is 11.0 Å². The first-order valence-corrected chi connectivity index (χ1v) is 11.3. The Balaban J connectivity index is 1.63. The van der Waals surface area contributed by atoms with Gasteiger partial charge in [0.1, 0.15) is 11.7 Å². The second-order valence-corrected chi connectivity index (χ2v) is 10.7. The zero-order valence-electron chi connectivity index (χ0n) is 18.0. The number of benzene rings is 1. The standard InChI is InChI=1S/C24H33NO4/c1-5-8-21(2,27)16-12-22-9-10-24(16,28-4)20-23(22)13-25(3)17(22)11-14-6-7-15(26)19(29-20)18(14)23/h6-7,16-17,20,26-27H,5,8-13H2,1-4H3/t16-,17-,20-,21-,22-,23?,24+/m1/s1. The number of likely N-dealkylation sites (tertiary alicyclic amines) is 1. The zero-order valence-corrected chi connectivity index (χ0v) is 18.0. The van der Waals surface area contributed by atoms with Gasteiger partial charge in [-0.3, -0.25) is 0 Å². The molecular weight excluding hydrogens is 366 g/mol. The van der Waals surface area contributed by atoms with Crippen LogP contribution in [0.4, 0.5) is 0 Å². The highest BCUT2D eigenvalue weighted by Crippen LogP contribution is 2.77. The minimum absolute atomic E-state index is 0.0267. The summed E-state index contributed by atoms with van der Waals surface area (Å²) in [6.07, 6.45) is 5.53. The lowest BCUT2D eigenvalue weighted by Crippen LogP contribution is -2.77. The molecule has 2 aliphatic heterocycles. The Morgan fingerprint density at radius 2 is 2.14 bits per heavy atom. The SMILES string of the molecule is CCC[C@@](C)(O)[C@H]1C[C@@]23CC[C@@]1(OC)[C@@H]1Oc4c(O)ccc5c4C12CN(C)[C@@H]3C5. The summed E-state index contributed by atoms with van der Waals surface area (Å²) >= 11 is 0. The van der Waals surface area contributed by atoms with Crippen molar-refractivity contribution in [2.45, 2.75) is 81.1 Å². The van der Waals surface area contributed by atoms with Gasteiger partial charge in [-0.25, -0.2) is 0 Å². The number of likely N-dealkylation sites (N-methyl/N-ethyl adjacent to an activating group) is 1. The molecule has 6 aliphatic rings. The quantitative estimate of drug-likeness (QED) is 0.815. The van der Waals surface area contributed by atoms with Gasteiger partial charge in [-0.2, -0.15) is 0 Å². The van der Waals surface area contributed by atoms with Gasteiger partial charge in [-0.1, -0.05) is 19.4 Å². The van der Waals surface area contributed by atoms with Crippen LogP contribution in [0.1, 0.15) is 57.1 Å². The molecule has 1 aromatic carbocycles. The first kappa shape index (κ1) is 18.5. The molecule has 1 aromatic rings. The molecule has 4 bridgehead atoms. The number of aromatic hydroxyl groups is 1. The van der Waals surface area contributed by atoms with E-state index in [1.807, 2.05) is 6.92 Å². The van der Waals surface area contributed by atoms with E-state index in [2.05, 4.69) is 24.9 Å². The molecule has 1 saturated heterocycles. The third-order valence-corrected chi connectivity index (χ3v) is 9.77. The fraction of sp³-hybridized carbons (Fsp3) is 0.750. The molecule has 2 N–H and O–H groups in total. The van der Waals surface area contributed by atoms with Crippen molar-refractivity contribution in [1.29, 1.82) is 0 Å². The fourth-order valence-electron chi connectivity index (χ4n) is 8.90. The van der Waals surface area contributed by atoms with E-state index in [0.29, 0.717) is 11.8 Å². The van der Waals surface area contributed by atoms with Gasteiger partial charge >= 0.3 is 0 Å². The van der Waals surface area contributed by atoms with Gasteiger partial charge in [0.2, 0.25) is 0 Å². The number of phenols is 1. The minimum Gasteiger partial charge on any atom is -0.504 e. The van der Waals surface area contributed by atoms with E-state index >= 15 is 0 Å². The summed E-state index contributed by atoms with van der Waals surface area (Å²) in [6.45, 7) is 5.09. The molecule has 0 aromatic heterocycles. The Morgan fingerprint density at radius 1 is 1.34 bits per heavy atom. The summed E-state index contributed by atoms with van der Waals surface area (Å²) in [5.41, 5.74) is 1.17. The minimum atomic E-state index is -0.793. The summed E-state index contributed by atoms with van der Waals surface area (Å²) in [4.78, 5) is 2.53. The molecule has 7 rings (SSSR count). The molecule has 3 saturated carbocycles. The topological polar surface area (TPSA) is 62.2 Å². The van der Waals surface area contributed by atoms with Crippen molar-refractivity contribution in [3.8, 4) is 11.5 Å². The Kier molecular flexibility index (Phi) is 3.37. The number of hydrogen-bond donors (Lipinski definition) is 2. The predicted molar refractivity (Wildman–Crippen MR) is 109 cm³/mol. The lowest BCUT2D eigenvalue weighted by Gasteiger charge is -2.69. The van der Waals surface area contributed by atoms with Crippen LogP contribution in [-0.4, -0.2) is 59.2 Å². The number of hydrogen-bond acceptors (Lipinski definition) is 5. The van der Waals surface area contributed by atoms with Gasteiger partial charge in [0, 0.05) is 36.6 Å². The molecule has 5 nitrogen and oxygen atoms in total.